The predicted octanol–water partition coefficient (Wildman–Crippen LogP) is 1.51. The first-order valence-electron chi connectivity index (χ1n) is 5.35. The lowest BCUT2D eigenvalue weighted by Gasteiger charge is -2.22. The van der Waals surface area contributed by atoms with Crippen molar-refractivity contribution in [3.63, 3.8) is 0 Å². The summed E-state index contributed by atoms with van der Waals surface area (Å²) < 4.78 is 5.35. The topological polar surface area (TPSA) is 21.3 Å². The highest BCUT2D eigenvalue weighted by molar-refractivity contribution is 7.99. The molecule has 2 aliphatic heterocycles. The fourth-order valence-electron chi connectivity index (χ4n) is 1.97. The molecule has 0 spiro atoms. The highest BCUT2D eigenvalue weighted by atomic mass is 32.2. The Hall–Kier alpha value is 0.270. The van der Waals surface area contributed by atoms with Gasteiger partial charge in [-0.3, -0.25) is 0 Å². The van der Waals surface area contributed by atoms with Crippen molar-refractivity contribution in [1.29, 1.82) is 0 Å². The van der Waals surface area contributed by atoms with E-state index in [9.17, 15) is 0 Å². The number of thioether (sulfide) groups is 1. The molecule has 2 nitrogen and oxygen atoms in total. The van der Waals surface area contributed by atoms with Gasteiger partial charge in [-0.1, -0.05) is 0 Å². The van der Waals surface area contributed by atoms with Crippen molar-refractivity contribution in [1.82, 2.24) is 5.32 Å². The van der Waals surface area contributed by atoms with Crippen LogP contribution in [-0.4, -0.2) is 37.3 Å². The van der Waals surface area contributed by atoms with E-state index in [0.717, 1.165) is 24.4 Å². The Balaban J connectivity index is 1.60. The Morgan fingerprint density at radius 1 is 1.23 bits per heavy atom. The summed E-state index contributed by atoms with van der Waals surface area (Å²) in [6.07, 6.45) is 3.92. The molecule has 2 aliphatic rings. The van der Waals surface area contributed by atoms with Gasteiger partial charge in [-0.25, -0.2) is 0 Å². The molecule has 0 aliphatic carbocycles. The molecule has 1 unspecified atom stereocenters. The van der Waals surface area contributed by atoms with Gasteiger partial charge in [0.05, 0.1) is 0 Å². The average molecular weight is 201 g/mol. The molecule has 1 atom stereocenters. The number of nitrogens with one attached hydrogen (secondary N) is 1. The van der Waals surface area contributed by atoms with E-state index in [0.29, 0.717) is 0 Å². The quantitative estimate of drug-likeness (QED) is 0.748. The summed E-state index contributed by atoms with van der Waals surface area (Å²) in [5, 5.41) is 4.31. The maximum Gasteiger partial charge on any atom is 0.0476 e. The van der Waals surface area contributed by atoms with Gasteiger partial charge in [0.2, 0.25) is 0 Å². The minimum atomic E-state index is 0.884. The minimum Gasteiger partial charge on any atom is -0.381 e. The second-order valence-corrected chi connectivity index (χ2v) is 5.34. The lowest BCUT2D eigenvalue weighted by Crippen LogP contribution is -2.19. The van der Waals surface area contributed by atoms with Crippen LogP contribution in [0.5, 0.6) is 0 Å². The summed E-state index contributed by atoms with van der Waals surface area (Å²) in [6, 6.07) is 0. The van der Waals surface area contributed by atoms with Crippen molar-refractivity contribution in [2.45, 2.75) is 24.5 Å². The molecule has 0 aromatic heterocycles. The number of rotatable bonds is 3. The van der Waals surface area contributed by atoms with Crippen LogP contribution in [0.15, 0.2) is 0 Å². The van der Waals surface area contributed by atoms with Crippen molar-refractivity contribution in [3.05, 3.63) is 0 Å². The summed E-state index contributed by atoms with van der Waals surface area (Å²) in [6.45, 7) is 4.45. The van der Waals surface area contributed by atoms with Gasteiger partial charge in [0.15, 0.2) is 0 Å². The third kappa shape index (κ3) is 3.15. The summed E-state index contributed by atoms with van der Waals surface area (Å²) in [5.74, 6) is 2.30. The Bertz CT molecular complexity index is 142. The van der Waals surface area contributed by atoms with Gasteiger partial charge in [0.1, 0.15) is 0 Å². The zero-order valence-electron chi connectivity index (χ0n) is 8.13. The smallest absolute Gasteiger partial charge is 0.0476 e. The van der Waals surface area contributed by atoms with Crippen LogP contribution in [0.25, 0.3) is 0 Å². The third-order valence-corrected chi connectivity index (χ3v) is 4.50. The summed E-state index contributed by atoms with van der Waals surface area (Å²) >= 11 is 2.17. The van der Waals surface area contributed by atoms with Crippen LogP contribution in [0.1, 0.15) is 19.3 Å². The van der Waals surface area contributed by atoms with E-state index in [-0.39, 0.29) is 0 Å². The van der Waals surface area contributed by atoms with E-state index in [4.69, 9.17) is 4.74 Å². The minimum absolute atomic E-state index is 0.884. The van der Waals surface area contributed by atoms with Crippen LogP contribution in [0.2, 0.25) is 0 Å². The fourth-order valence-corrected chi connectivity index (χ4v) is 3.33. The van der Waals surface area contributed by atoms with Crippen LogP contribution in [0, 0.1) is 5.92 Å². The van der Waals surface area contributed by atoms with Crippen LogP contribution in [-0.2, 0) is 4.74 Å². The molecule has 0 saturated carbocycles. The molecule has 13 heavy (non-hydrogen) atoms. The lowest BCUT2D eigenvalue weighted by atomic mass is 10.2. The monoisotopic (exact) mass is 201 g/mol. The second-order valence-electron chi connectivity index (χ2n) is 4.00. The van der Waals surface area contributed by atoms with Crippen LogP contribution in [0.4, 0.5) is 0 Å². The van der Waals surface area contributed by atoms with E-state index in [1.807, 2.05) is 0 Å². The van der Waals surface area contributed by atoms with Gasteiger partial charge in [0, 0.05) is 18.5 Å². The van der Waals surface area contributed by atoms with Crippen LogP contribution >= 0.6 is 11.8 Å². The van der Waals surface area contributed by atoms with Crippen molar-refractivity contribution in [2.75, 3.05) is 32.1 Å². The fraction of sp³-hybridized carbons (Fsp3) is 1.00. The summed E-state index contributed by atoms with van der Waals surface area (Å²) in [7, 11) is 0. The standard InChI is InChI=1S/C10H19NOS/c1-4-11-7-9(1)8-13-10-2-5-12-6-3-10/h9-11H,1-8H2. The van der Waals surface area contributed by atoms with E-state index in [1.165, 1.54) is 38.1 Å². The first-order chi connectivity index (χ1) is 6.45. The SMILES string of the molecule is C1CC(CSC2CCOCC2)CN1. The van der Waals surface area contributed by atoms with E-state index < -0.39 is 0 Å². The molecular formula is C10H19NOS. The Morgan fingerprint density at radius 3 is 2.77 bits per heavy atom. The van der Waals surface area contributed by atoms with E-state index >= 15 is 0 Å². The Morgan fingerprint density at radius 2 is 2.08 bits per heavy atom. The molecule has 2 fully saturated rings. The molecule has 1 N–H and O–H groups in total. The number of ether oxygens (including phenoxy) is 1. The largest absolute Gasteiger partial charge is 0.381 e. The lowest BCUT2D eigenvalue weighted by molar-refractivity contribution is 0.1000. The molecule has 76 valence electrons. The molecule has 3 heteroatoms. The van der Waals surface area contributed by atoms with Crippen molar-refractivity contribution in [3.8, 4) is 0 Å². The highest BCUT2D eigenvalue weighted by Crippen LogP contribution is 2.25. The molecule has 2 rings (SSSR count). The maximum absolute atomic E-state index is 5.35. The highest BCUT2D eigenvalue weighted by Gasteiger charge is 2.18. The molecule has 0 radical (unpaired) electrons. The normalized spacial score (nSPS) is 30.9. The van der Waals surface area contributed by atoms with Gasteiger partial charge in [-0.05, 0) is 44.0 Å². The van der Waals surface area contributed by atoms with Crippen LogP contribution < -0.4 is 5.32 Å². The first-order valence-corrected chi connectivity index (χ1v) is 6.40. The molecule has 0 amide bonds. The molecule has 2 heterocycles. The summed E-state index contributed by atoms with van der Waals surface area (Å²) in [4.78, 5) is 0. The maximum atomic E-state index is 5.35. The molecule has 0 aromatic rings. The van der Waals surface area contributed by atoms with Gasteiger partial charge in [-0.15, -0.1) is 0 Å². The summed E-state index contributed by atoms with van der Waals surface area (Å²) in [5.41, 5.74) is 0. The molecule has 0 aromatic carbocycles. The Labute approximate surface area is 84.8 Å². The van der Waals surface area contributed by atoms with E-state index in [2.05, 4.69) is 17.1 Å². The second kappa shape index (κ2) is 5.23. The van der Waals surface area contributed by atoms with Gasteiger partial charge in [-0.2, -0.15) is 11.8 Å². The Kier molecular flexibility index (Phi) is 3.94. The molecular weight excluding hydrogens is 182 g/mol. The average Bonchev–Trinajstić information content (AvgIpc) is 2.69. The zero-order chi connectivity index (χ0) is 8.93. The van der Waals surface area contributed by atoms with Crippen molar-refractivity contribution < 1.29 is 4.74 Å². The zero-order valence-corrected chi connectivity index (χ0v) is 8.94. The number of hydrogen-bond acceptors (Lipinski definition) is 3. The van der Waals surface area contributed by atoms with Crippen LogP contribution in [0.3, 0.4) is 0 Å². The van der Waals surface area contributed by atoms with Gasteiger partial charge >= 0.3 is 0 Å². The molecule has 0 bridgehead atoms. The van der Waals surface area contributed by atoms with Gasteiger partial charge in [0.25, 0.3) is 0 Å². The van der Waals surface area contributed by atoms with Gasteiger partial charge < -0.3 is 10.1 Å². The van der Waals surface area contributed by atoms with Crippen molar-refractivity contribution in [2.24, 2.45) is 5.92 Å². The van der Waals surface area contributed by atoms with Crippen molar-refractivity contribution >= 4 is 11.8 Å². The van der Waals surface area contributed by atoms with E-state index in [1.54, 1.807) is 0 Å². The first kappa shape index (κ1) is 9.81. The third-order valence-electron chi connectivity index (χ3n) is 2.90. The molecule has 2 saturated heterocycles. The predicted molar refractivity (Wildman–Crippen MR) is 57.3 cm³/mol. The number of hydrogen-bond donors (Lipinski definition) is 1.